The Balaban J connectivity index is 2.00. The number of hydrogen-bond donors (Lipinski definition) is 1. The number of aromatic nitrogens is 2. The van der Waals surface area contributed by atoms with Crippen molar-refractivity contribution in [1.29, 1.82) is 0 Å². The van der Waals surface area contributed by atoms with Crippen LogP contribution in [0.2, 0.25) is 0 Å². The van der Waals surface area contributed by atoms with Crippen molar-refractivity contribution >= 4 is 28.6 Å². The van der Waals surface area contributed by atoms with Gasteiger partial charge in [0.2, 0.25) is 5.91 Å². The van der Waals surface area contributed by atoms with Crippen LogP contribution in [0.25, 0.3) is 10.9 Å². The third-order valence-electron chi connectivity index (χ3n) is 3.43. The molecule has 7 heteroatoms. The van der Waals surface area contributed by atoms with Gasteiger partial charge in [0.25, 0.3) is 5.56 Å². The molecule has 0 saturated carbocycles. The summed E-state index contributed by atoms with van der Waals surface area (Å²) in [6.45, 7) is 2.72. The van der Waals surface area contributed by atoms with E-state index in [1.807, 2.05) is 19.1 Å². The second-order valence-corrected chi connectivity index (χ2v) is 6.07. The molecule has 2 heterocycles. The number of nitrogens with one attached hydrogen (secondary N) is 1. The number of nitrogens with zero attached hydrogens (tertiary/aromatic N) is 2. The standard InChI is InChI=1S/C17H17N3O3S/c1-2-18-15(21)11-24-17-19-14-8-4-3-7-13(14)16(22)20(17)10-12-6-5-9-23-12/h3-9H,2,10-11H2,1H3,(H,18,21). The third kappa shape index (κ3) is 3.51. The van der Waals surface area contributed by atoms with Crippen molar-refractivity contribution in [3.63, 3.8) is 0 Å². The quantitative estimate of drug-likeness (QED) is 0.549. The summed E-state index contributed by atoms with van der Waals surface area (Å²) in [4.78, 5) is 29.1. The monoisotopic (exact) mass is 343 g/mol. The minimum Gasteiger partial charge on any atom is -0.467 e. The molecular formula is C17H17N3O3S. The summed E-state index contributed by atoms with van der Waals surface area (Å²) in [7, 11) is 0. The first-order valence-corrected chi connectivity index (χ1v) is 8.59. The molecule has 0 aliphatic carbocycles. The Hall–Kier alpha value is -2.54. The highest BCUT2D eigenvalue weighted by Crippen LogP contribution is 2.19. The number of carbonyl (C=O) groups is 1. The lowest BCUT2D eigenvalue weighted by atomic mass is 10.2. The lowest BCUT2D eigenvalue weighted by Crippen LogP contribution is -2.27. The van der Waals surface area contributed by atoms with Gasteiger partial charge in [0.05, 0.1) is 29.5 Å². The average molecular weight is 343 g/mol. The van der Waals surface area contributed by atoms with Crippen molar-refractivity contribution < 1.29 is 9.21 Å². The van der Waals surface area contributed by atoms with Crippen molar-refractivity contribution in [2.75, 3.05) is 12.3 Å². The van der Waals surface area contributed by atoms with Crippen molar-refractivity contribution in [2.45, 2.75) is 18.6 Å². The fourth-order valence-corrected chi connectivity index (χ4v) is 3.16. The van der Waals surface area contributed by atoms with Crippen LogP contribution in [0.4, 0.5) is 0 Å². The van der Waals surface area contributed by atoms with Crippen molar-refractivity contribution in [1.82, 2.24) is 14.9 Å². The molecule has 24 heavy (non-hydrogen) atoms. The largest absolute Gasteiger partial charge is 0.467 e. The lowest BCUT2D eigenvalue weighted by Gasteiger charge is -2.12. The van der Waals surface area contributed by atoms with Gasteiger partial charge in [0.15, 0.2) is 5.16 Å². The molecule has 0 aliphatic heterocycles. The van der Waals surface area contributed by atoms with Gasteiger partial charge >= 0.3 is 0 Å². The maximum absolute atomic E-state index is 12.8. The maximum Gasteiger partial charge on any atom is 0.262 e. The number of rotatable bonds is 6. The highest BCUT2D eigenvalue weighted by molar-refractivity contribution is 7.99. The summed E-state index contributed by atoms with van der Waals surface area (Å²) in [6.07, 6.45) is 1.57. The van der Waals surface area contributed by atoms with Gasteiger partial charge in [-0.3, -0.25) is 14.2 Å². The second-order valence-electron chi connectivity index (χ2n) is 5.12. The first-order chi connectivity index (χ1) is 11.7. The van der Waals surface area contributed by atoms with E-state index < -0.39 is 0 Å². The van der Waals surface area contributed by atoms with Crippen LogP contribution in [-0.2, 0) is 11.3 Å². The molecule has 0 aliphatic rings. The van der Waals surface area contributed by atoms with Crippen LogP contribution >= 0.6 is 11.8 Å². The Bertz CT molecular complexity index is 903. The van der Waals surface area contributed by atoms with Gasteiger partial charge in [0.1, 0.15) is 5.76 Å². The lowest BCUT2D eigenvalue weighted by molar-refractivity contribution is -0.118. The van der Waals surface area contributed by atoms with Crippen LogP contribution in [0, 0.1) is 0 Å². The van der Waals surface area contributed by atoms with Gasteiger partial charge in [-0.2, -0.15) is 0 Å². The van der Waals surface area contributed by atoms with Crippen LogP contribution in [0.3, 0.4) is 0 Å². The smallest absolute Gasteiger partial charge is 0.262 e. The molecule has 0 fully saturated rings. The molecular weight excluding hydrogens is 326 g/mol. The molecule has 124 valence electrons. The molecule has 0 bridgehead atoms. The summed E-state index contributed by atoms with van der Waals surface area (Å²) in [5, 5.41) is 3.79. The second kappa shape index (κ2) is 7.35. The van der Waals surface area contributed by atoms with Crippen LogP contribution in [0.1, 0.15) is 12.7 Å². The van der Waals surface area contributed by atoms with E-state index >= 15 is 0 Å². The first kappa shape index (κ1) is 16.3. The van der Waals surface area contributed by atoms with Gasteiger partial charge in [0, 0.05) is 6.54 Å². The van der Waals surface area contributed by atoms with E-state index in [1.165, 1.54) is 11.8 Å². The van der Waals surface area contributed by atoms with E-state index in [-0.39, 0.29) is 23.8 Å². The summed E-state index contributed by atoms with van der Waals surface area (Å²) < 4.78 is 6.89. The van der Waals surface area contributed by atoms with Crippen molar-refractivity contribution in [3.05, 3.63) is 58.8 Å². The Kier molecular flexibility index (Phi) is 5.00. The molecule has 6 nitrogen and oxygen atoms in total. The molecule has 0 radical (unpaired) electrons. The van der Waals surface area contributed by atoms with Crippen LogP contribution in [-0.4, -0.2) is 27.8 Å². The van der Waals surface area contributed by atoms with Crippen molar-refractivity contribution in [3.8, 4) is 0 Å². The van der Waals surface area contributed by atoms with E-state index in [0.29, 0.717) is 28.4 Å². The Labute approximate surface area is 142 Å². The number of thioether (sulfide) groups is 1. The van der Waals surface area contributed by atoms with Gasteiger partial charge < -0.3 is 9.73 Å². The zero-order chi connectivity index (χ0) is 16.9. The fraction of sp³-hybridized carbons (Fsp3) is 0.235. The highest BCUT2D eigenvalue weighted by Gasteiger charge is 2.14. The van der Waals surface area contributed by atoms with Crippen LogP contribution in [0.5, 0.6) is 0 Å². The number of para-hydroxylation sites is 1. The van der Waals surface area contributed by atoms with Crippen LogP contribution < -0.4 is 10.9 Å². The van der Waals surface area contributed by atoms with E-state index in [1.54, 1.807) is 35.1 Å². The van der Waals surface area contributed by atoms with E-state index in [0.717, 1.165) is 0 Å². The maximum atomic E-state index is 12.8. The van der Waals surface area contributed by atoms with Gasteiger partial charge in [-0.25, -0.2) is 4.98 Å². The number of benzene rings is 1. The number of carbonyl (C=O) groups excluding carboxylic acids is 1. The SMILES string of the molecule is CCNC(=O)CSc1nc2ccccc2c(=O)n1Cc1ccco1. The molecule has 1 amide bonds. The number of fused-ring (bicyclic) bond motifs is 1. The van der Waals surface area contributed by atoms with E-state index in [9.17, 15) is 9.59 Å². The molecule has 1 aromatic carbocycles. The molecule has 3 aromatic rings. The summed E-state index contributed by atoms with van der Waals surface area (Å²) in [5.41, 5.74) is 0.479. The zero-order valence-electron chi connectivity index (χ0n) is 13.2. The van der Waals surface area contributed by atoms with E-state index in [2.05, 4.69) is 10.3 Å². The topological polar surface area (TPSA) is 77.1 Å². The van der Waals surface area contributed by atoms with Gasteiger partial charge in [-0.1, -0.05) is 23.9 Å². The molecule has 0 saturated heterocycles. The van der Waals surface area contributed by atoms with Crippen LogP contribution in [0.15, 0.2) is 57.0 Å². The van der Waals surface area contributed by atoms with E-state index in [4.69, 9.17) is 4.42 Å². The highest BCUT2D eigenvalue weighted by atomic mass is 32.2. The molecule has 2 aromatic heterocycles. The molecule has 0 spiro atoms. The van der Waals surface area contributed by atoms with Gasteiger partial charge in [-0.15, -0.1) is 0 Å². The fourth-order valence-electron chi connectivity index (χ4n) is 2.33. The number of amides is 1. The predicted octanol–water partition coefficient (Wildman–Crippen LogP) is 2.27. The molecule has 0 unspecified atom stereocenters. The minimum atomic E-state index is -0.143. The predicted molar refractivity (Wildman–Crippen MR) is 93.2 cm³/mol. The summed E-state index contributed by atoms with van der Waals surface area (Å²) in [6, 6.07) is 10.8. The molecule has 3 rings (SSSR count). The minimum absolute atomic E-state index is 0.0885. The van der Waals surface area contributed by atoms with Crippen molar-refractivity contribution in [2.24, 2.45) is 0 Å². The Morgan fingerprint density at radius 1 is 1.29 bits per heavy atom. The Morgan fingerprint density at radius 3 is 2.88 bits per heavy atom. The average Bonchev–Trinajstić information content (AvgIpc) is 3.09. The normalized spacial score (nSPS) is 10.9. The number of furan rings is 1. The zero-order valence-corrected chi connectivity index (χ0v) is 14.0. The molecule has 0 atom stereocenters. The Morgan fingerprint density at radius 2 is 2.12 bits per heavy atom. The number of hydrogen-bond acceptors (Lipinski definition) is 5. The summed E-state index contributed by atoms with van der Waals surface area (Å²) >= 11 is 1.24. The molecule has 1 N–H and O–H groups in total. The third-order valence-corrected chi connectivity index (χ3v) is 4.40. The van der Waals surface area contributed by atoms with Gasteiger partial charge in [-0.05, 0) is 31.2 Å². The summed E-state index contributed by atoms with van der Waals surface area (Å²) in [5.74, 6) is 0.778. The first-order valence-electron chi connectivity index (χ1n) is 7.60.